The van der Waals surface area contributed by atoms with Crippen LogP contribution in [0.4, 0.5) is 0 Å². The van der Waals surface area contributed by atoms with Crippen LogP contribution in [-0.4, -0.2) is 15.0 Å². The van der Waals surface area contributed by atoms with E-state index in [0.29, 0.717) is 9.80 Å². The van der Waals surface area contributed by atoms with Gasteiger partial charge in [-0.2, -0.15) is 0 Å². The van der Waals surface area contributed by atoms with Crippen LogP contribution in [0, 0.1) is 6.92 Å². The van der Waals surface area contributed by atoms with Crippen LogP contribution >= 0.6 is 22.6 Å². The van der Waals surface area contributed by atoms with E-state index in [1.165, 1.54) is 0 Å². The Balaban J connectivity index is 2.59. The first-order valence-electron chi connectivity index (χ1n) is 4.33. The summed E-state index contributed by atoms with van der Waals surface area (Å²) in [6, 6.07) is 3.91. The molecule has 1 aromatic rings. The minimum Gasteiger partial charge on any atom is -0.474 e. The number of hydrogen-bond donors (Lipinski definition) is 0. The third-order valence-corrected chi connectivity index (χ3v) is 2.85. The normalized spacial score (nSPS) is 15.1. The van der Waals surface area contributed by atoms with E-state index >= 15 is 0 Å². The summed E-state index contributed by atoms with van der Waals surface area (Å²) in [5.41, 5.74) is 1.16. The van der Waals surface area contributed by atoms with Gasteiger partial charge in [0.2, 0.25) is 5.88 Å². The van der Waals surface area contributed by atoms with E-state index in [4.69, 9.17) is 4.74 Å². The second-order valence-corrected chi connectivity index (χ2v) is 5.14. The Kier molecular flexibility index (Phi) is 3.96. The molecule has 72 valence electrons. The van der Waals surface area contributed by atoms with Gasteiger partial charge in [-0.3, -0.25) is 0 Å². The molecule has 0 bridgehead atoms. The zero-order valence-corrected chi connectivity index (χ0v) is 10.3. The van der Waals surface area contributed by atoms with Gasteiger partial charge in [-0.25, -0.2) is 4.98 Å². The number of alkyl halides is 1. The van der Waals surface area contributed by atoms with Gasteiger partial charge in [0.15, 0.2) is 0 Å². The van der Waals surface area contributed by atoms with E-state index in [1.807, 2.05) is 25.3 Å². The summed E-state index contributed by atoms with van der Waals surface area (Å²) in [6.45, 7) is 6.19. The predicted octanol–water partition coefficient (Wildman–Crippen LogP) is 2.98. The number of ether oxygens (including phenoxy) is 1. The van der Waals surface area contributed by atoms with Crippen molar-refractivity contribution in [1.29, 1.82) is 0 Å². The van der Waals surface area contributed by atoms with Crippen molar-refractivity contribution in [2.24, 2.45) is 0 Å². The highest BCUT2D eigenvalue weighted by molar-refractivity contribution is 14.1. The fraction of sp³-hybridized carbons (Fsp3) is 0.500. The lowest BCUT2D eigenvalue weighted by Crippen LogP contribution is -2.21. The Labute approximate surface area is 92.9 Å². The number of pyridine rings is 1. The lowest BCUT2D eigenvalue weighted by molar-refractivity contribution is 0.218. The van der Waals surface area contributed by atoms with Crippen molar-refractivity contribution in [1.82, 2.24) is 4.98 Å². The van der Waals surface area contributed by atoms with Gasteiger partial charge in [0.05, 0.1) is 0 Å². The van der Waals surface area contributed by atoms with Crippen LogP contribution in [0.3, 0.4) is 0 Å². The van der Waals surface area contributed by atoms with Gasteiger partial charge in [-0.15, -0.1) is 0 Å². The number of rotatable bonds is 3. The zero-order chi connectivity index (χ0) is 9.84. The van der Waals surface area contributed by atoms with Gasteiger partial charge < -0.3 is 4.74 Å². The molecule has 0 fully saturated rings. The molecule has 1 aromatic heterocycles. The molecular formula is C10H14INO. The molecule has 0 aromatic carbocycles. The van der Waals surface area contributed by atoms with Gasteiger partial charge in [0.1, 0.15) is 6.10 Å². The second-order valence-electron chi connectivity index (χ2n) is 3.17. The van der Waals surface area contributed by atoms with E-state index in [-0.39, 0.29) is 6.10 Å². The molecule has 3 heteroatoms. The van der Waals surface area contributed by atoms with E-state index < -0.39 is 0 Å². The zero-order valence-electron chi connectivity index (χ0n) is 8.12. The van der Waals surface area contributed by atoms with Gasteiger partial charge in [0, 0.05) is 16.2 Å². The maximum absolute atomic E-state index is 5.61. The lowest BCUT2D eigenvalue weighted by Gasteiger charge is -2.15. The second kappa shape index (κ2) is 4.79. The molecular weight excluding hydrogens is 277 g/mol. The van der Waals surface area contributed by atoms with Crippen LogP contribution in [0.2, 0.25) is 0 Å². The first-order valence-corrected chi connectivity index (χ1v) is 5.57. The number of aryl methyl sites for hydroxylation is 1. The minimum atomic E-state index is 0.204. The summed E-state index contributed by atoms with van der Waals surface area (Å²) in [5.74, 6) is 0.710. The number of hydrogen-bond acceptors (Lipinski definition) is 2. The van der Waals surface area contributed by atoms with E-state index in [0.717, 1.165) is 5.56 Å². The highest BCUT2D eigenvalue weighted by Crippen LogP contribution is 2.14. The summed E-state index contributed by atoms with van der Waals surface area (Å²) >= 11 is 2.35. The van der Waals surface area contributed by atoms with Crippen LogP contribution in [0.5, 0.6) is 5.88 Å². The van der Waals surface area contributed by atoms with Crippen molar-refractivity contribution in [3.8, 4) is 5.88 Å². The highest BCUT2D eigenvalue weighted by atomic mass is 127. The molecule has 0 aliphatic carbocycles. The molecule has 0 amide bonds. The van der Waals surface area contributed by atoms with E-state index in [9.17, 15) is 0 Å². The maximum atomic E-state index is 5.61. The molecule has 1 heterocycles. The highest BCUT2D eigenvalue weighted by Gasteiger charge is 2.10. The average Bonchev–Trinajstić information content (AvgIpc) is 2.08. The molecule has 0 aliphatic rings. The molecule has 0 saturated heterocycles. The molecule has 0 spiro atoms. The van der Waals surface area contributed by atoms with Gasteiger partial charge in [-0.1, -0.05) is 28.7 Å². The van der Waals surface area contributed by atoms with Gasteiger partial charge in [-0.05, 0) is 26.3 Å². The molecule has 0 N–H and O–H groups in total. The summed E-state index contributed by atoms with van der Waals surface area (Å²) in [7, 11) is 0. The molecule has 13 heavy (non-hydrogen) atoms. The fourth-order valence-electron chi connectivity index (χ4n) is 0.808. The van der Waals surface area contributed by atoms with Crippen LogP contribution in [0.25, 0.3) is 0 Å². The van der Waals surface area contributed by atoms with Crippen molar-refractivity contribution in [2.75, 3.05) is 0 Å². The number of aromatic nitrogens is 1. The SMILES string of the molecule is Cc1ccc(O[C@@H](C)C(C)I)nc1. The van der Waals surface area contributed by atoms with Gasteiger partial charge in [0.25, 0.3) is 0 Å². The monoisotopic (exact) mass is 291 g/mol. The smallest absolute Gasteiger partial charge is 0.213 e. The number of nitrogens with zero attached hydrogens (tertiary/aromatic N) is 1. The Bertz CT molecular complexity index is 258. The molecule has 0 aliphatic heterocycles. The first-order chi connectivity index (χ1) is 6.09. The topological polar surface area (TPSA) is 22.1 Å². The summed E-state index contributed by atoms with van der Waals surface area (Å²) in [6.07, 6.45) is 2.02. The predicted molar refractivity (Wildman–Crippen MR) is 62.5 cm³/mol. The van der Waals surface area contributed by atoms with E-state index in [1.54, 1.807) is 0 Å². The van der Waals surface area contributed by atoms with Crippen molar-refractivity contribution >= 4 is 22.6 Å². The molecule has 0 saturated carbocycles. The third kappa shape index (κ3) is 3.50. The van der Waals surface area contributed by atoms with E-state index in [2.05, 4.69) is 41.4 Å². The molecule has 2 atom stereocenters. The molecule has 1 rings (SSSR count). The molecule has 2 nitrogen and oxygen atoms in total. The molecule has 0 radical (unpaired) electrons. The van der Waals surface area contributed by atoms with Gasteiger partial charge >= 0.3 is 0 Å². The third-order valence-electron chi connectivity index (χ3n) is 1.84. The summed E-state index contributed by atoms with van der Waals surface area (Å²) < 4.78 is 6.10. The molecule has 1 unspecified atom stereocenters. The summed E-state index contributed by atoms with van der Waals surface area (Å²) in [5, 5.41) is 0. The van der Waals surface area contributed by atoms with Crippen LogP contribution in [0.1, 0.15) is 19.4 Å². The van der Waals surface area contributed by atoms with Crippen LogP contribution in [0.15, 0.2) is 18.3 Å². The van der Waals surface area contributed by atoms with Crippen molar-refractivity contribution in [3.63, 3.8) is 0 Å². The lowest BCUT2D eigenvalue weighted by atomic mass is 10.3. The van der Waals surface area contributed by atoms with Crippen molar-refractivity contribution in [3.05, 3.63) is 23.9 Å². The first kappa shape index (κ1) is 10.8. The Hall–Kier alpha value is -0.320. The van der Waals surface area contributed by atoms with Crippen molar-refractivity contribution in [2.45, 2.75) is 30.8 Å². The number of halogens is 1. The maximum Gasteiger partial charge on any atom is 0.213 e. The fourth-order valence-corrected chi connectivity index (χ4v) is 0.955. The Morgan fingerprint density at radius 2 is 2.08 bits per heavy atom. The standard InChI is InChI=1S/C10H14INO/c1-7-4-5-10(12-6-7)13-9(3)8(2)11/h4-6,8-9H,1-3H3/t8?,9-/m0/s1. The van der Waals surface area contributed by atoms with Crippen LogP contribution in [-0.2, 0) is 0 Å². The summed E-state index contributed by atoms with van der Waals surface area (Å²) in [4.78, 5) is 4.18. The van der Waals surface area contributed by atoms with Crippen LogP contribution < -0.4 is 4.74 Å². The Morgan fingerprint density at radius 1 is 1.38 bits per heavy atom. The largest absolute Gasteiger partial charge is 0.474 e. The average molecular weight is 291 g/mol. The Morgan fingerprint density at radius 3 is 2.54 bits per heavy atom. The quantitative estimate of drug-likeness (QED) is 0.631. The van der Waals surface area contributed by atoms with Crippen molar-refractivity contribution < 1.29 is 4.74 Å². The minimum absolute atomic E-state index is 0.204.